The van der Waals surface area contributed by atoms with Crippen molar-refractivity contribution in [2.45, 2.75) is 58.9 Å². The van der Waals surface area contributed by atoms with Gasteiger partial charge in [0, 0.05) is 23.7 Å². The van der Waals surface area contributed by atoms with E-state index in [1.165, 1.54) is 24.5 Å². The Hall–Kier alpha value is -2.94. The van der Waals surface area contributed by atoms with Gasteiger partial charge in [-0.25, -0.2) is 4.39 Å². The van der Waals surface area contributed by atoms with Gasteiger partial charge in [-0.1, -0.05) is 82.0 Å². The van der Waals surface area contributed by atoms with E-state index in [9.17, 15) is 9.18 Å². The average Bonchev–Trinajstić information content (AvgIpc) is 3.17. The fourth-order valence-electron chi connectivity index (χ4n) is 4.57. The van der Waals surface area contributed by atoms with E-state index in [0.717, 1.165) is 48.5 Å². The van der Waals surface area contributed by atoms with Crippen LogP contribution in [-0.4, -0.2) is 10.4 Å². The van der Waals surface area contributed by atoms with E-state index < -0.39 is 0 Å². The zero-order chi connectivity index (χ0) is 21.8. The predicted molar refractivity (Wildman–Crippen MR) is 127 cm³/mol. The molecule has 31 heavy (non-hydrogen) atoms. The monoisotopic (exact) mass is 415 g/mol. The van der Waals surface area contributed by atoms with Crippen molar-refractivity contribution < 1.29 is 9.18 Å². The Morgan fingerprint density at radius 3 is 2.42 bits per heavy atom. The maximum Gasteiger partial charge on any atom is 0.195 e. The van der Waals surface area contributed by atoms with Gasteiger partial charge >= 0.3 is 0 Å². The number of nitrogens with zero attached hydrogens (tertiary/aromatic N) is 1. The van der Waals surface area contributed by atoms with E-state index in [1.807, 2.05) is 36.5 Å². The molecule has 0 radical (unpaired) electrons. The lowest BCUT2D eigenvalue weighted by molar-refractivity contribution is 0.104. The number of carbonyl (C=O) groups is 1. The van der Waals surface area contributed by atoms with Crippen LogP contribution in [-0.2, 0) is 13.0 Å². The van der Waals surface area contributed by atoms with E-state index in [1.54, 1.807) is 6.07 Å². The number of rotatable bonds is 9. The maximum atomic E-state index is 14.9. The lowest BCUT2D eigenvalue weighted by atomic mass is 9.93. The van der Waals surface area contributed by atoms with Crippen LogP contribution in [0.1, 0.15) is 67.4 Å². The Morgan fingerprint density at radius 2 is 1.65 bits per heavy atom. The molecule has 1 aromatic heterocycles. The number of carbonyl (C=O) groups excluding carboxylic acids is 1. The molecule has 1 heterocycles. The molecular weight excluding hydrogens is 385 g/mol. The molecule has 0 aliphatic rings. The zero-order valence-electron chi connectivity index (χ0n) is 18.5. The number of hydrogen-bond acceptors (Lipinski definition) is 1. The molecule has 3 aromatic carbocycles. The van der Waals surface area contributed by atoms with Gasteiger partial charge in [0.25, 0.3) is 0 Å². The van der Waals surface area contributed by atoms with Crippen LogP contribution >= 0.6 is 0 Å². The quantitative estimate of drug-likeness (QED) is 0.203. The minimum Gasteiger partial charge on any atom is -0.347 e. The van der Waals surface area contributed by atoms with Crippen LogP contribution in [0.25, 0.3) is 21.7 Å². The summed E-state index contributed by atoms with van der Waals surface area (Å²) in [6, 6.07) is 17.1. The highest BCUT2D eigenvalue weighted by Gasteiger charge is 2.21. The molecular formula is C28H30FNO. The second-order valence-corrected chi connectivity index (χ2v) is 8.33. The van der Waals surface area contributed by atoms with Crippen LogP contribution in [0, 0.1) is 5.82 Å². The van der Waals surface area contributed by atoms with Crippen molar-refractivity contribution in [2.24, 2.45) is 0 Å². The fourth-order valence-corrected chi connectivity index (χ4v) is 4.57. The van der Waals surface area contributed by atoms with E-state index in [-0.39, 0.29) is 11.6 Å². The van der Waals surface area contributed by atoms with Gasteiger partial charge in [0.15, 0.2) is 5.78 Å². The third kappa shape index (κ3) is 4.14. The van der Waals surface area contributed by atoms with Crippen LogP contribution in [0.4, 0.5) is 4.39 Å². The molecule has 0 unspecified atom stereocenters. The number of halogens is 1. The van der Waals surface area contributed by atoms with Gasteiger partial charge in [0.1, 0.15) is 5.82 Å². The summed E-state index contributed by atoms with van der Waals surface area (Å²) in [5.74, 6) is -0.443. The van der Waals surface area contributed by atoms with Crippen LogP contribution in [0.3, 0.4) is 0 Å². The Kier molecular flexibility index (Phi) is 6.50. The van der Waals surface area contributed by atoms with E-state index in [4.69, 9.17) is 0 Å². The van der Waals surface area contributed by atoms with Crippen LogP contribution in [0.5, 0.6) is 0 Å². The van der Waals surface area contributed by atoms with Gasteiger partial charge in [0.05, 0.1) is 11.1 Å². The van der Waals surface area contributed by atoms with Gasteiger partial charge in [-0.3, -0.25) is 4.79 Å². The van der Waals surface area contributed by atoms with Gasteiger partial charge in [-0.2, -0.15) is 0 Å². The summed E-state index contributed by atoms with van der Waals surface area (Å²) >= 11 is 0. The molecule has 0 bridgehead atoms. The third-order valence-electron chi connectivity index (χ3n) is 6.13. The third-order valence-corrected chi connectivity index (χ3v) is 6.13. The molecule has 0 atom stereocenters. The highest BCUT2D eigenvalue weighted by Crippen LogP contribution is 2.31. The second-order valence-electron chi connectivity index (χ2n) is 8.33. The zero-order valence-corrected chi connectivity index (χ0v) is 18.5. The van der Waals surface area contributed by atoms with Gasteiger partial charge < -0.3 is 4.57 Å². The molecule has 4 rings (SSSR count). The molecule has 0 aliphatic heterocycles. The number of fused-ring (bicyclic) bond motifs is 2. The Bertz CT molecular complexity index is 1220. The van der Waals surface area contributed by atoms with Crippen LogP contribution in [0.2, 0.25) is 0 Å². The van der Waals surface area contributed by atoms with Crippen molar-refractivity contribution in [3.8, 4) is 0 Å². The molecule has 2 nitrogen and oxygen atoms in total. The van der Waals surface area contributed by atoms with Crippen LogP contribution < -0.4 is 0 Å². The summed E-state index contributed by atoms with van der Waals surface area (Å²) in [6.45, 7) is 5.14. The van der Waals surface area contributed by atoms with E-state index in [2.05, 4.69) is 30.5 Å². The number of aryl methyl sites for hydroxylation is 2. The largest absolute Gasteiger partial charge is 0.347 e. The normalized spacial score (nSPS) is 11.5. The first-order valence-corrected chi connectivity index (χ1v) is 11.5. The molecule has 0 amide bonds. The molecule has 3 heteroatoms. The minimum absolute atomic E-state index is 0.110. The molecule has 160 valence electrons. The predicted octanol–water partition coefficient (Wildman–Crippen LogP) is 7.70. The van der Waals surface area contributed by atoms with Crippen molar-refractivity contribution >= 4 is 27.5 Å². The molecule has 0 N–H and O–H groups in total. The lowest BCUT2D eigenvalue weighted by Crippen LogP contribution is -2.03. The van der Waals surface area contributed by atoms with Crippen molar-refractivity contribution in [3.05, 3.63) is 83.3 Å². The molecule has 4 aromatic rings. The molecule has 0 spiro atoms. The number of aromatic nitrogens is 1. The Morgan fingerprint density at radius 1 is 0.839 bits per heavy atom. The molecule has 0 aliphatic carbocycles. The standard InChI is InChI=1S/C28H30FNO/c1-3-5-6-9-18-30-19-24(27-25(29)14-10-15-26(27)30)28(31)23-17-16-20(11-4-2)21-12-7-8-13-22(21)23/h7-8,10,12-17,19H,3-6,9,11,18H2,1-2H3. The van der Waals surface area contributed by atoms with Gasteiger partial charge in [0.2, 0.25) is 0 Å². The Balaban J connectivity index is 1.80. The van der Waals surface area contributed by atoms with Crippen molar-refractivity contribution in [1.82, 2.24) is 4.57 Å². The topological polar surface area (TPSA) is 22.0 Å². The first-order valence-electron chi connectivity index (χ1n) is 11.5. The summed E-state index contributed by atoms with van der Waals surface area (Å²) in [6.07, 6.45) is 8.40. The first-order chi connectivity index (χ1) is 15.2. The van der Waals surface area contributed by atoms with Crippen LogP contribution in [0.15, 0.2) is 60.8 Å². The summed E-state index contributed by atoms with van der Waals surface area (Å²) in [4.78, 5) is 13.7. The van der Waals surface area contributed by atoms with Crippen molar-refractivity contribution in [2.75, 3.05) is 0 Å². The summed E-state index contributed by atoms with van der Waals surface area (Å²) in [5, 5.41) is 2.49. The second kappa shape index (κ2) is 9.47. The highest BCUT2D eigenvalue weighted by molar-refractivity contribution is 6.21. The summed E-state index contributed by atoms with van der Waals surface area (Å²) < 4.78 is 16.9. The number of ketones is 1. The van der Waals surface area contributed by atoms with Gasteiger partial charge in [-0.15, -0.1) is 0 Å². The van der Waals surface area contributed by atoms with E-state index in [0.29, 0.717) is 16.5 Å². The average molecular weight is 416 g/mol. The SMILES string of the molecule is CCCCCCn1cc(C(=O)c2ccc(CCC)c3ccccc23)c2c(F)cccc21. The lowest BCUT2D eigenvalue weighted by Gasteiger charge is -2.10. The van der Waals surface area contributed by atoms with Crippen molar-refractivity contribution in [1.29, 1.82) is 0 Å². The van der Waals surface area contributed by atoms with Crippen molar-refractivity contribution in [3.63, 3.8) is 0 Å². The first kappa shape index (κ1) is 21.3. The smallest absolute Gasteiger partial charge is 0.195 e. The van der Waals surface area contributed by atoms with Gasteiger partial charge in [-0.05, 0) is 41.3 Å². The number of unbranched alkanes of at least 4 members (excludes halogenated alkanes) is 3. The molecule has 0 fully saturated rings. The highest BCUT2D eigenvalue weighted by atomic mass is 19.1. The van der Waals surface area contributed by atoms with E-state index >= 15 is 0 Å². The fraction of sp³-hybridized carbons (Fsp3) is 0.321. The summed E-state index contributed by atoms with van der Waals surface area (Å²) in [7, 11) is 0. The molecule has 0 saturated carbocycles. The number of benzene rings is 3. The number of hydrogen-bond donors (Lipinski definition) is 0. The summed E-state index contributed by atoms with van der Waals surface area (Å²) in [5.41, 5.74) is 3.15. The molecule has 0 saturated heterocycles. The maximum absolute atomic E-state index is 14.9. The minimum atomic E-state index is -0.333. The Labute approximate surface area is 183 Å².